The average Bonchev–Trinajstić information content (AvgIpc) is 3.01. The van der Waals surface area contributed by atoms with Gasteiger partial charge in [0, 0.05) is 12.8 Å². The molecule has 0 saturated heterocycles. The zero-order valence-electron chi connectivity index (χ0n) is 30.0. The SMILES string of the molecule is CCCCCCCCCCCCCCCCCCCCCCCC(=O)OC(CCCC)CCCCCCCCCCC(=O)O. The number of carbonyl (C=O) groups excluding carboxylic acids is 1. The van der Waals surface area contributed by atoms with Crippen LogP contribution < -0.4 is 0 Å². The molecule has 44 heavy (non-hydrogen) atoms. The monoisotopic (exact) mass is 623 g/mol. The lowest BCUT2D eigenvalue weighted by Gasteiger charge is -2.18. The van der Waals surface area contributed by atoms with Gasteiger partial charge in [-0.05, 0) is 32.1 Å². The molecule has 0 fully saturated rings. The van der Waals surface area contributed by atoms with E-state index >= 15 is 0 Å². The van der Waals surface area contributed by atoms with E-state index in [0.717, 1.165) is 64.2 Å². The Balaban J connectivity index is 3.52. The average molecular weight is 623 g/mol. The van der Waals surface area contributed by atoms with Gasteiger partial charge in [-0.3, -0.25) is 9.59 Å². The van der Waals surface area contributed by atoms with Crippen LogP contribution in [0.1, 0.15) is 239 Å². The topological polar surface area (TPSA) is 63.6 Å². The van der Waals surface area contributed by atoms with Crippen molar-refractivity contribution in [2.45, 2.75) is 245 Å². The first-order valence-corrected chi connectivity index (χ1v) is 20.0. The Bertz CT molecular complexity index is 590. The van der Waals surface area contributed by atoms with Crippen molar-refractivity contribution in [3.8, 4) is 0 Å². The third-order valence-electron chi connectivity index (χ3n) is 9.33. The summed E-state index contributed by atoms with van der Waals surface area (Å²) in [6.07, 6.45) is 43.2. The molecule has 4 nitrogen and oxygen atoms in total. The van der Waals surface area contributed by atoms with Gasteiger partial charge in [0.2, 0.25) is 0 Å². The molecule has 0 saturated carbocycles. The molecule has 0 aromatic rings. The molecule has 1 unspecified atom stereocenters. The second-order valence-corrected chi connectivity index (χ2v) is 13.8. The summed E-state index contributed by atoms with van der Waals surface area (Å²) in [5.74, 6) is -0.663. The zero-order valence-corrected chi connectivity index (χ0v) is 30.0. The van der Waals surface area contributed by atoms with Crippen LogP contribution >= 0.6 is 0 Å². The summed E-state index contributed by atoms with van der Waals surface area (Å²) < 4.78 is 5.90. The van der Waals surface area contributed by atoms with E-state index in [1.54, 1.807) is 0 Å². The van der Waals surface area contributed by atoms with E-state index in [1.165, 1.54) is 148 Å². The van der Waals surface area contributed by atoms with Crippen LogP contribution in [0.15, 0.2) is 0 Å². The molecular formula is C40H78O4. The Hall–Kier alpha value is -1.06. The van der Waals surface area contributed by atoms with Crippen molar-refractivity contribution in [2.24, 2.45) is 0 Å². The zero-order chi connectivity index (χ0) is 32.2. The maximum atomic E-state index is 12.5. The molecule has 0 heterocycles. The van der Waals surface area contributed by atoms with Crippen LogP contribution in [-0.4, -0.2) is 23.1 Å². The van der Waals surface area contributed by atoms with Gasteiger partial charge in [-0.15, -0.1) is 0 Å². The number of carbonyl (C=O) groups is 2. The molecule has 0 aromatic heterocycles. The van der Waals surface area contributed by atoms with Crippen molar-refractivity contribution in [3.05, 3.63) is 0 Å². The maximum absolute atomic E-state index is 12.5. The van der Waals surface area contributed by atoms with Crippen LogP contribution in [0.3, 0.4) is 0 Å². The Morgan fingerprint density at radius 1 is 0.409 bits per heavy atom. The third-order valence-corrected chi connectivity index (χ3v) is 9.33. The molecule has 4 heteroatoms. The number of carboxylic acid groups (broad SMARTS) is 1. The Kier molecular flexibility index (Phi) is 35.5. The molecule has 0 rings (SSSR count). The molecule has 0 aliphatic carbocycles. The van der Waals surface area contributed by atoms with Crippen LogP contribution in [0, 0.1) is 0 Å². The molecule has 0 spiro atoms. The van der Waals surface area contributed by atoms with Gasteiger partial charge < -0.3 is 9.84 Å². The summed E-state index contributed by atoms with van der Waals surface area (Å²) >= 11 is 0. The second kappa shape index (κ2) is 36.4. The second-order valence-electron chi connectivity index (χ2n) is 13.8. The summed E-state index contributed by atoms with van der Waals surface area (Å²) in [7, 11) is 0. The van der Waals surface area contributed by atoms with Crippen molar-refractivity contribution in [3.63, 3.8) is 0 Å². The summed E-state index contributed by atoms with van der Waals surface area (Å²) in [6.45, 7) is 4.50. The smallest absolute Gasteiger partial charge is 0.306 e. The number of rotatable bonds is 37. The van der Waals surface area contributed by atoms with Gasteiger partial charge in [-0.1, -0.05) is 194 Å². The first-order chi connectivity index (χ1) is 21.6. The van der Waals surface area contributed by atoms with E-state index in [0.29, 0.717) is 12.8 Å². The van der Waals surface area contributed by atoms with Crippen molar-refractivity contribution < 1.29 is 19.4 Å². The predicted octanol–water partition coefficient (Wildman–Crippen LogP) is 13.7. The van der Waals surface area contributed by atoms with Gasteiger partial charge in [-0.25, -0.2) is 0 Å². The van der Waals surface area contributed by atoms with E-state index in [1.807, 2.05) is 0 Å². The summed E-state index contributed by atoms with van der Waals surface area (Å²) in [6, 6.07) is 0. The van der Waals surface area contributed by atoms with Crippen molar-refractivity contribution in [1.29, 1.82) is 0 Å². The normalized spacial score (nSPS) is 12.0. The molecule has 0 aliphatic rings. The lowest BCUT2D eigenvalue weighted by atomic mass is 10.0. The number of unbranched alkanes of at least 4 members (excludes halogenated alkanes) is 28. The van der Waals surface area contributed by atoms with E-state index < -0.39 is 5.97 Å². The van der Waals surface area contributed by atoms with Crippen molar-refractivity contribution in [1.82, 2.24) is 0 Å². The van der Waals surface area contributed by atoms with E-state index in [4.69, 9.17) is 9.84 Å². The highest BCUT2D eigenvalue weighted by Crippen LogP contribution is 2.18. The van der Waals surface area contributed by atoms with Crippen LogP contribution in [0.4, 0.5) is 0 Å². The number of carboxylic acids is 1. The first kappa shape index (κ1) is 42.9. The van der Waals surface area contributed by atoms with Crippen LogP contribution in [0.5, 0.6) is 0 Å². The minimum absolute atomic E-state index is 0.0188. The molecular weight excluding hydrogens is 544 g/mol. The van der Waals surface area contributed by atoms with Crippen molar-refractivity contribution in [2.75, 3.05) is 0 Å². The molecule has 262 valence electrons. The van der Waals surface area contributed by atoms with Gasteiger partial charge in [0.1, 0.15) is 6.10 Å². The fourth-order valence-corrected chi connectivity index (χ4v) is 6.35. The number of hydrogen-bond donors (Lipinski definition) is 1. The minimum Gasteiger partial charge on any atom is -0.481 e. The van der Waals surface area contributed by atoms with Gasteiger partial charge in [0.05, 0.1) is 0 Å². The highest BCUT2D eigenvalue weighted by molar-refractivity contribution is 5.69. The maximum Gasteiger partial charge on any atom is 0.306 e. The molecule has 0 radical (unpaired) electrons. The van der Waals surface area contributed by atoms with E-state index in [9.17, 15) is 9.59 Å². The summed E-state index contributed by atoms with van der Waals surface area (Å²) in [4.78, 5) is 23.0. The van der Waals surface area contributed by atoms with Crippen LogP contribution in [0.2, 0.25) is 0 Å². The van der Waals surface area contributed by atoms with Crippen LogP contribution in [-0.2, 0) is 14.3 Å². The first-order valence-electron chi connectivity index (χ1n) is 20.0. The van der Waals surface area contributed by atoms with Gasteiger partial charge >= 0.3 is 11.9 Å². The van der Waals surface area contributed by atoms with Gasteiger partial charge in [-0.2, -0.15) is 0 Å². The largest absolute Gasteiger partial charge is 0.481 e. The van der Waals surface area contributed by atoms with Crippen LogP contribution in [0.25, 0.3) is 0 Å². The molecule has 0 aromatic carbocycles. The molecule has 0 bridgehead atoms. The highest BCUT2D eigenvalue weighted by atomic mass is 16.5. The fraction of sp³-hybridized carbons (Fsp3) is 0.950. The molecule has 1 N–H and O–H groups in total. The lowest BCUT2D eigenvalue weighted by molar-refractivity contribution is -0.150. The van der Waals surface area contributed by atoms with E-state index in [-0.39, 0.29) is 12.1 Å². The highest BCUT2D eigenvalue weighted by Gasteiger charge is 2.14. The van der Waals surface area contributed by atoms with Gasteiger partial charge in [0.25, 0.3) is 0 Å². The lowest BCUT2D eigenvalue weighted by Crippen LogP contribution is -2.18. The minimum atomic E-state index is -0.681. The summed E-state index contributed by atoms with van der Waals surface area (Å²) in [5.41, 5.74) is 0. The Morgan fingerprint density at radius 3 is 1.07 bits per heavy atom. The van der Waals surface area contributed by atoms with Gasteiger partial charge in [0.15, 0.2) is 0 Å². The molecule has 0 amide bonds. The van der Waals surface area contributed by atoms with Crippen molar-refractivity contribution >= 4 is 11.9 Å². The number of ether oxygens (including phenoxy) is 1. The fourth-order valence-electron chi connectivity index (χ4n) is 6.35. The number of hydrogen-bond acceptors (Lipinski definition) is 3. The molecule has 1 atom stereocenters. The Morgan fingerprint density at radius 2 is 0.705 bits per heavy atom. The standard InChI is InChI=1S/C40H78O4/c1-3-5-7-8-9-10-11-12-13-14-15-16-17-18-19-20-21-22-27-30-33-37-40(43)44-38(34-6-4-2)35-31-28-25-23-24-26-29-32-36-39(41)42/h38H,3-37H2,1-2H3,(H,41,42). The van der Waals surface area contributed by atoms with E-state index in [2.05, 4.69) is 13.8 Å². The Labute approximate surface area is 275 Å². The number of aliphatic carboxylic acids is 1. The molecule has 0 aliphatic heterocycles. The number of esters is 1. The predicted molar refractivity (Wildman–Crippen MR) is 190 cm³/mol. The summed E-state index contributed by atoms with van der Waals surface area (Å²) in [5, 5.41) is 8.69. The quantitative estimate of drug-likeness (QED) is 0.0553. The third kappa shape index (κ3) is 35.4.